The third-order valence-electron chi connectivity index (χ3n) is 11.9. The number of sulfonamides is 1. The van der Waals surface area contributed by atoms with Gasteiger partial charge in [-0.25, -0.2) is 17.8 Å². The number of nitrogens with one attached hydrogen (secondary N) is 1. The number of carbonyl (C=O) groups excluding carboxylic acids is 4. The number of methoxy groups -OCH3 is 1. The van der Waals surface area contributed by atoms with Crippen molar-refractivity contribution >= 4 is 56.0 Å². The lowest BCUT2D eigenvalue weighted by Gasteiger charge is -2.32. The van der Waals surface area contributed by atoms with Gasteiger partial charge in [0, 0.05) is 18.2 Å². The largest absolute Gasteiger partial charge is 0.497 e. The summed E-state index contributed by atoms with van der Waals surface area (Å²) in [7, 11) is -2.80. The maximum Gasteiger partial charge on any atom is 0.307 e. The lowest BCUT2D eigenvalue weighted by Crippen LogP contribution is -2.48. The van der Waals surface area contributed by atoms with Crippen LogP contribution in [0.15, 0.2) is 36.4 Å². The van der Waals surface area contributed by atoms with Gasteiger partial charge in [-0.3, -0.25) is 23.9 Å². The molecule has 2 aromatic rings. The van der Waals surface area contributed by atoms with Gasteiger partial charge in [0.1, 0.15) is 34.0 Å². The molecule has 2 saturated carbocycles. The lowest BCUT2D eigenvalue weighted by atomic mass is 9.82. The minimum atomic E-state index is -4.35. The molecule has 15 heteroatoms. The second kappa shape index (κ2) is 15.9. The normalized spacial score (nSPS) is 30.0. The number of alkyl halides is 1. The molecule has 12 nitrogen and oxygen atoms in total. The highest BCUT2D eigenvalue weighted by atomic mass is 35.5. The molecule has 4 aliphatic rings. The molecule has 3 heterocycles. The molecule has 6 rings (SSSR count). The summed E-state index contributed by atoms with van der Waals surface area (Å²) in [6.45, 7) is 8.16. The van der Waals surface area contributed by atoms with Gasteiger partial charge in [0.2, 0.25) is 27.7 Å². The van der Waals surface area contributed by atoms with Crippen LogP contribution in [0.5, 0.6) is 11.6 Å². The number of fused-ring (bicyclic) bond motifs is 3. The van der Waals surface area contributed by atoms with Crippen molar-refractivity contribution in [1.82, 2.24) is 14.6 Å². The average Bonchev–Trinajstić information content (AvgIpc) is 4.02. The number of rotatable bonds is 9. The Hall–Kier alpha value is -3.78. The maximum atomic E-state index is 14.9. The first-order valence-corrected chi connectivity index (χ1v) is 21.3. The number of carbonyl (C=O) groups is 4. The van der Waals surface area contributed by atoms with Crippen LogP contribution in [0.3, 0.4) is 0 Å². The summed E-state index contributed by atoms with van der Waals surface area (Å²) in [6.07, 6.45) is 5.07. The van der Waals surface area contributed by atoms with E-state index in [9.17, 15) is 32.0 Å². The molecule has 1 N–H and O–H groups in total. The van der Waals surface area contributed by atoms with Gasteiger partial charge >= 0.3 is 5.97 Å². The SMILES string of the molecule is COc1ccc2c(O[C@@H]3C[C@H]4C(=O)C[C@]5(C(=O)NS(=O)(=O)C6(CF)CC6)C[C@H]5/C=C\CC[C@H](C)C[C@@H](C)[C@H](CC(=O)OC(C)(C)C)C(=O)N4C3)nc(Cl)cc2c1. The Balaban J connectivity index is 1.36. The highest BCUT2D eigenvalue weighted by Gasteiger charge is 2.63. The average molecular weight is 818 g/mol. The number of ketones is 1. The third-order valence-corrected chi connectivity index (χ3v) is 14.2. The van der Waals surface area contributed by atoms with E-state index in [0.717, 1.165) is 6.42 Å². The summed E-state index contributed by atoms with van der Waals surface area (Å²) < 4.78 is 58.3. The molecule has 2 amide bonds. The van der Waals surface area contributed by atoms with Gasteiger partial charge in [0.25, 0.3) is 0 Å². The standard InChI is InChI=1S/C41H53ClFN3O9S/c1-24-9-7-8-10-27-20-41(27,38(50)45-56(51,52)40(23-43)13-14-40)21-33(47)32-18-29(54-36-30-12-11-28(53-6)16-26(30)17-34(42)44-36)22-46(32)37(49)31(25(2)15-24)19-35(48)55-39(3,4)5/h8,10-12,16-17,24-25,27,29,31-32H,7,9,13-15,18-23H2,1-6H3,(H,45,50)/b10-8-/t24-,25+,27+,29+,31-,32-,41+/m0/s1. The summed E-state index contributed by atoms with van der Waals surface area (Å²) in [5, 5.41) is 1.50. The summed E-state index contributed by atoms with van der Waals surface area (Å²) in [5.74, 6) is -2.79. The smallest absolute Gasteiger partial charge is 0.307 e. The first kappa shape index (κ1) is 41.8. The minimum absolute atomic E-state index is 0.0237. The molecule has 2 aliphatic carbocycles. The Kier molecular flexibility index (Phi) is 11.9. The summed E-state index contributed by atoms with van der Waals surface area (Å²) >= 11 is 6.41. The van der Waals surface area contributed by atoms with Crippen molar-refractivity contribution < 1.29 is 46.2 Å². The second-order valence-corrected chi connectivity index (χ2v) is 19.9. The molecule has 1 saturated heterocycles. The summed E-state index contributed by atoms with van der Waals surface area (Å²) in [5.41, 5.74) is -2.18. The second-order valence-electron chi connectivity index (χ2n) is 17.4. The number of hydrogen-bond donors (Lipinski definition) is 1. The molecular weight excluding hydrogens is 765 g/mol. The Bertz CT molecular complexity index is 2020. The Morgan fingerprint density at radius 3 is 2.52 bits per heavy atom. The molecular formula is C41H53ClFN3O9S. The number of allylic oxidation sites excluding steroid dienone is 2. The van der Waals surface area contributed by atoms with E-state index in [1.54, 1.807) is 52.1 Å². The number of pyridine rings is 1. The predicted octanol–water partition coefficient (Wildman–Crippen LogP) is 6.52. The monoisotopic (exact) mass is 817 g/mol. The molecule has 2 aliphatic heterocycles. The fraction of sp³-hybridized carbons (Fsp3) is 0.634. The molecule has 56 heavy (non-hydrogen) atoms. The zero-order valence-corrected chi connectivity index (χ0v) is 34.5. The molecule has 306 valence electrons. The van der Waals surface area contributed by atoms with Gasteiger partial charge in [-0.15, -0.1) is 0 Å². The van der Waals surface area contributed by atoms with E-state index in [1.807, 2.05) is 19.1 Å². The highest BCUT2D eigenvalue weighted by molar-refractivity contribution is 7.91. The Labute approximate surface area is 333 Å². The number of esters is 1. The fourth-order valence-corrected chi connectivity index (χ4v) is 9.99. The van der Waals surface area contributed by atoms with E-state index < -0.39 is 80.0 Å². The van der Waals surface area contributed by atoms with Crippen LogP contribution in [-0.2, 0) is 33.9 Å². The lowest BCUT2D eigenvalue weighted by molar-refractivity contribution is -0.160. The Morgan fingerprint density at radius 2 is 1.86 bits per heavy atom. The van der Waals surface area contributed by atoms with Gasteiger partial charge in [-0.2, -0.15) is 0 Å². The molecule has 7 atom stereocenters. The van der Waals surface area contributed by atoms with E-state index in [2.05, 4.69) is 16.6 Å². The van der Waals surface area contributed by atoms with Crippen molar-refractivity contribution in [3.05, 3.63) is 41.6 Å². The van der Waals surface area contributed by atoms with E-state index in [4.69, 9.17) is 25.8 Å². The van der Waals surface area contributed by atoms with Crippen LogP contribution in [0.4, 0.5) is 4.39 Å². The molecule has 0 spiro atoms. The van der Waals surface area contributed by atoms with Gasteiger partial charge in [0.05, 0.1) is 37.5 Å². The van der Waals surface area contributed by atoms with Crippen LogP contribution in [0, 0.1) is 29.1 Å². The summed E-state index contributed by atoms with van der Waals surface area (Å²) in [6, 6.07) is 5.92. The van der Waals surface area contributed by atoms with Crippen molar-refractivity contribution in [2.45, 2.75) is 115 Å². The van der Waals surface area contributed by atoms with Crippen molar-refractivity contribution in [2.24, 2.45) is 29.1 Å². The van der Waals surface area contributed by atoms with Crippen LogP contribution in [0.25, 0.3) is 10.8 Å². The molecule has 1 aromatic heterocycles. The fourth-order valence-electron chi connectivity index (χ4n) is 8.35. The Morgan fingerprint density at radius 1 is 1.12 bits per heavy atom. The van der Waals surface area contributed by atoms with Gasteiger partial charge in [0.15, 0.2) is 5.78 Å². The highest BCUT2D eigenvalue weighted by Crippen LogP contribution is 2.58. The van der Waals surface area contributed by atoms with Crippen LogP contribution < -0.4 is 14.2 Å². The number of benzene rings is 1. The topological polar surface area (TPSA) is 158 Å². The zero-order chi connectivity index (χ0) is 40.8. The molecule has 1 aromatic carbocycles. The number of amides is 2. The van der Waals surface area contributed by atoms with Gasteiger partial charge in [-0.05, 0) is 107 Å². The van der Waals surface area contributed by atoms with E-state index >= 15 is 0 Å². The molecule has 3 fully saturated rings. The van der Waals surface area contributed by atoms with Gasteiger partial charge < -0.3 is 19.1 Å². The van der Waals surface area contributed by atoms with Crippen molar-refractivity contribution in [3.63, 3.8) is 0 Å². The number of aromatic nitrogens is 1. The van der Waals surface area contributed by atoms with Crippen molar-refractivity contribution in [3.8, 4) is 11.6 Å². The zero-order valence-electron chi connectivity index (χ0n) is 32.9. The van der Waals surface area contributed by atoms with E-state index in [0.29, 0.717) is 29.4 Å². The first-order valence-electron chi connectivity index (χ1n) is 19.5. The maximum absolute atomic E-state index is 14.9. The number of Topliss-reactive ketones (excluding diaryl/α,β-unsaturated/α-hetero) is 1. The van der Waals surface area contributed by atoms with Crippen molar-refractivity contribution in [2.75, 3.05) is 20.3 Å². The van der Waals surface area contributed by atoms with E-state index in [1.165, 1.54) is 4.90 Å². The van der Waals surface area contributed by atoms with E-state index in [-0.39, 0.29) is 67.9 Å². The van der Waals surface area contributed by atoms with Crippen LogP contribution >= 0.6 is 11.6 Å². The predicted molar refractivity (Wildman–Crippen MR) is 208 cm³/mol. The van der Waals surface area contributed by atoms with Crippen LogP contribution in [-0.4, -0.2) is 84.7 Å². The minimum Gasteiger partial charge on any atom is -0.497 e. The van der Waals surface area contributed by atoms with Crippen LogP contribution in [0.2, 0.25) is 5.15 Å². The molecule has 0 unspecified atom stereocenters. The van der Waals surface area contributed by atoms with Gasteiger partial charge in [-0.1, -0.05) is 37.6 Å². The quantitative estimate of drug-likeness (QED) is 0.168. The third kappa shape index (κ3) is 8.85. The van der Waals surface area contributed by atoms with Crippen molar-refractivity contribution in [1.29, 1.82) is 0 Å². The first-order chi connectivity index (χ1) is 26.3. The number of halogens is 2. The number of nitrogens with zero attached hydrogens (tertiary/aromatic N) is 2. The number of ether oxygens (including phenoxy) is 3. The summed E-state index contributed by atoms with van der Waals surface area (Å²) in [4.78, 5) is 62.7. The molecule has 0 radical (unpaired) electrons. The van der Waals surface area contributed by atoms with Crippen LogP contribution in [0.1, 0.15) is 92.4 Å². The molecule has 0 bridgehead atoms. The number of hydrogen-bond acceptors (Lipinski definition) is 10.